The van der Waals surface area contributed by atoms with Gasteiger partial charge in [-0.1, -0.05) is 26.0 Å². The monoisotopic (exact) mass is 614 g/mol. The van der Waals surface area contributed by atoms with Gasteiger partial charge < -0.3 is 29.4 Å². The van der Waals surface area contributed by atoms with E-state index in [0.29, 0.717) is 31.1 Å². The first kappa shape index (κ1) is 38.2. The molecule has 0 unspecified atom stereocenters. The Morgan fingerprint density at radius 1 is 1.09 bits per heavy atom. The number of rotatable bonds is 10. The maximum Gasteiger partial charge on any atom is 0.414 e. The van der Waals surface area contributed by atoms with Crippen molar-refractivity contribution in [2.45, 2.75) is 85.8 Å². The molecule has 10 heteroatoms. The number of halogens is 1. The predicted octanol–water partition coefficient (Wildman–Crippen LogP) is 5.74. The number of likely N-dealkylation sites (N-methyl/N-ethyl adjacent to an activating group) is 1. The Morgan fingerprint density at radius 2 is 1.73 bits per heavy atom. The van der Waals surface area contributed by atoms with E-state index in [0.717, 1.165) is 69.0 Å². The Morgan fingerprint density at radius 3 is 2.25 bits per heavy atom. The van der Waals surface area contributed by atoms with Crippen LogP contribution in [0.4, 0.5) is 14.9 Å². The minimum atomic E-state index is -0.290. The number of nitrogens with zero attached hydrogens (tertiary/aromatic N) is 3. The molecule has 3 aliphatic rings. The molecule has 1 amide bonds. The molecular weight excluding hydrogens is 563 g/mol. The fourth-order valence-electron chi connectivity index (χ4n) is 4.83. The van der Waals surface area contributed by atoms with Crippen LogP contribution in [-0.2, 0) is 32.0 Å². The van der Waals surface area contributed by atoms with Gasteiger partial charge in [-0.25, -0.2) is 9.18 Å². The van der Waals surface area contributed by atoms with E-state index in [-0.39, 0.29) is 18.0 Å². The molecule has 1 atom stereocenters. The summed E-state index contributed by atoms with van der Waals surface area (Å²) >= 11 is 0. The molecule has 44 heavy (non-hydrogen) atoms. The van der Waals surface area contributed by atoms with Crippen LogP contribution < -0.4 is 10.2 Å². The molecule has 0 bridgehead atoms. The normalized spacial score (nSPS) is 18.1. The number of nitrogens with one attached hydrogen (secondary N) is 1. The van der Waals surface area contributed by atoms with Gasteiger partial charge in [0.25, 0.3) is 0 Å². The van der Waals surface area contributed by atoms with Gasteiger partial charge in [-0.3, -0.25) is 9.69 Å². The Kier molecular flexibility index (Phi) is 18.2. The largest absolute Gasteiger partial charge is 0.443 e. The molecule has 1 saturated carbocycles. The lowest BCUT2D eigenvalue weighted by Gasteiger charge is -2.22. The summed E-state index contributed by atoms with van der Waals surface area (Å²) in [5, 5.41) is 3.04. The number of benzene rings is 1. The van der Waals surface area contributed by atoms with Gasteiger partial charge in [0, 0.05) is 61.5 Å². The Balaban J connectivity index is 0.000000416. The van der Waals surface area contributed by atoms with Gasteiger partial charge in [-0.05, 0) is 83.7 Å². The molecule has 9 nitrogen and oxygen atoms in total. The van der Waals surface area contributed by atoms with E-state index in [9.17, 15) is 18.8 Å². The predicted molar refractivity (Wildman–Crippen MR) is 174 cm³/mol. The second kappa shape index (κ2) is 21.0. The van der Waals surface area contributed by atoms with Crippen molar-refractivity contribution in [1.29, 1.82) is 0 Å². The van der Waals surface area contributed by atoms with Crippen molar-refractivity contribution >= 4 is 30.6 Å². The number of hydrogen-bond acceptors (Lipinski definition) is 8. The number of fused-ring (bicyclic) bond motifs is 1. The van der Waals surface area contributed by atoms with Crippen LogP contribution in [0, 0.1) is 0 Å². The molecule has 0 radical (unpaired) electrons. The highest BCUT2D eigenvalue weighted by atomic mass is 19.1. The van der Waals surface area contributed by atoms with E-state index in [1.807, 2.05) is 51.1 Å². The third kappa shape index (κ3) is 12.8. The summed E-state index contributed by atoms with van der Waals surface area (Å²) in [7, 11) is 1.85. The van der Waals surface area contributed by atoms with E-state index >= 15 is 0 Å². The standard InChI is InChI=1S/C18H24FN3O2.C12H17NO2.C2H4O.C2H6/c1-13(19)11-21-7-5-14-3-4-16(9-15(14)6-8-21)22-12-17(10-20-2)24-18(22)23;1-3-11(6-7-14)13(12-4-5-12)8-10(2)9-15;1-2-3;1-2/h3-4,9,11,17,20H,5-8,10,12H2,1-2H3;3,7-9,12H,4-6H2,1-2H3;2H,1H3;1-2H3/b13-11-;10-8+,11-3+;;/t17-;;;/m0.../s1. The molecule has 1 N–H and O–H groups in total. The first-order chi connectivity index (χ1) is 21.2. The van der Waals surface area contributed by atoms with Gasteiger partial charge in [0.15, 0.2) is 0 Å². The fraction of sp³-hybridized carbons (Fsp3) is 0.529. The summed E-state index contributed by atoms with van der Waals surface area (Å²) in [5.74, 6) is -0.169. The zero-order valence-electron chi connectivity index (χ0n) is 27.5. The number of carbonyl (C=O) groups excluding carboxylic acids is 4. The van der Waals surface area contributed by atoms with Crippen LogP contribution in [0.3, 0.4) is 0 Å². The highest BCUT2D eigenvalue weighted by Crippen LogP contribution is 2.31. The highest BCUT2D eigenvalue weighted by Gasteiger charge is 2.32. The number of allylic oxidation sites excluding steroid dienone is 4. The van der Waals surface area contributed by atoms with Crippen LogP contribution in [0.1, 0.15) is 71.9 Å². The van der Waals surface area contributed by atoms with Gasteiger partial charge in [-0.2, -0.15) is 0 Å². The molecule has 1 aliphatic carbocycles. The molecule has 2 fully saturated rings. The van der Waals surface area contributed by atoms with Gasteiger partial charge in [-0.15, -0.1) is 0 Å². The Hall–Kier alpha value is -3.79. The van der Waals surface area contributed by atoms with Crippen molar-refractivity contribution < 1.29 is 28.3 Å². The van der Waals surface area contributed by atoms with Gasteiger partial charge >= 0.3 is 6.09 Å². The Labute approximate surface area is 262 Å². The molecule has 244 valence electrons. The van der Waals surface area contributed by atoms with Crippen molar-refractivity contribution in [2.75, 3.05) is 38.1 Å². The molecule has 1 aromatic rings. The van der Waals surface area contributed by atoms with Crippen molar-refractivity contribution in [2.24, 2.45) is 0 Å². The summed E-state index contributed by atoms with van der Waals surface area (Å²) in [6.45, 7) is 13.4. The average Bonchev–Trinajstić information content (AvgIpc) is 3.82. The SMILES string of the molecule is C/C=C(\CC=O)N(/C=C(\C)C=O)C1CC1.CC.CC=O.CNC[C@H]1CN(c2ccc3c(c2)CCN(/C=C(/C)F)CC3)C(=O)O1. The first-order valence-corrected chi connectivity index (χ1v) is 15.4. The van der Waals surface area contributed by atoms with Crippen LogP contribution in [0.15, 0.2) is 53.8 Å². The first-order valence-electron chi connectivity index (χ1n) is 15.4. The highest BCUT2D eigenvalue weighted by molar-refractivity contribution is 5.90. The zero-order valence-corrected chi connectivity index (χ0v) is 27.5. The van der Waals surface area contributed by atoms with Crippen molar-refractivity contribution in [3.63, 3.8) is 0 Å². The number of aldehydes is 3. The fourth-order valence-corrected chi connectivity index (χ4v) is 4.83. The van der Waals surface area contributed by atoms with E-state index in [1.54, 1.807) is 18.0 Å². The van der Waals surface area contributed by atoms with Crippen LogP contribution in [-0.4, -0.2) is 80.1 Å². The quantitative estimate of drug-likeness (QED) is 0.263. The third-order valence-corrected chi connectivity index (χ3v) is 6.93. The average molecular weight is 615 g/mol. The summed E-state index contributed by atoms with van der Waals surface area (Å²) in [5.41, 5.74) is 5.04. The summed E-state index contributed by atoms with van der Waals surface area (Å²) in [6, 6.07) is 6.62. The van der Waals surface area contributed by atoms with Gasteiger partial charge in [0.1, 0.15) is 30.8 Å². The minimum Gasteiger partial charge on any atom is -0.443 e. The van der Waals surface area contributed by atoms with Gasteiger partial charge in [0.05, 0.1) is 6.54 Å². The van der Waals surface area contributed by atoms with Crippen LogP contribution in [0.2, 0.25) is 0 Å². The molecule has 2 aliphatic heterocycles. The van der Waals surface area contributed by atoms with Crippen LogP contribution in [0.5, 0.6) is 0 Å². The third-order valence-electron chi connectivity index (χ3n) is 6.93. The summed E-state index contributed by atoms with van der Waals surface area (Å²) in [4.78, 5) is 47.7. The lowest BCUT2D eigenvalue weighted by molar-refractivity contribution is -0.107. The van der Waals surface area contributed by atoms with Crippen LogP contribution in [0.25, 0.3) is 0 Å². The minimum absolute atomic E-state index is 0.116. The number of cyclic esters (lactones) is 1. The molecule has 1 aromatic carbocycles. The number of anilines is 1. The molecular formula is C34H51FN4O5. The number of amides is 1. The van der Waals surface area contributed by atoms with E-state index in [1.165, 1.54) is 25.0 Å². The van der Waals surface area contributed by atoms with E-state index in [4.69, 9.17) is 9.53 Å². The number of ether oxygens (including phenoxy) is 1. The molecule has 2 heterocycles. The lowest BCUT2D eigenvalue weighted by Crippen LogP contribution is -2.29. The second-order valence-electron chi connectivity index (χ2n) is 10.4. The zero-order chi connectivity index (χ0) is 33.1. The topological polar surface area (TPSA) is 99.3 Å². The maximum atomic E-state index is 13.1. The second-order valence-corrected chi connectivity index (χ2v) is 10.4. The molecule has 4 rings (SSSR count). The molecule has 0 aromatic heterocycles. The number of hydrogen-bond donors (Lipinski definition) is 1. The van der Waals surface area contributed by atoms with Crippen molar-refractivity contribution in [3.8, 4) is 0 Å². The lowest BCUT2D eigenvalue weighted by atomic mass is 10.0. The van der Waals surface area contributed by atoms with E-state index < -0.39 is 0 Å². The van der Waals surface area contributed by atoms with Crippen molar-refractivity contribution in [3.05, 3.63) is 64.9 Å². The van der Waals surface area contributed by atoms with Crippen LogP contribution >= 0.6 is 0 Å². The van der Waals surface area contributed by atoms with Crippen molar-refractivity contribution in [1.82, 2.24) is 15.1 Å². The van der Waals surface area contributed by atoms with E-state index in [2.05, 4.69) is 22.3 Å². The number of carbonyl (C=O) groups is 4. The maximum absolute atomic E-state index is 13.1. The molecule has 1 saturated heterocycles. The summed E-state index contributed by atoms with van der Waals surface area (Å²) < 4.78 is 18.5. The molecule has 0 spiro atoms. The Bertz CT molecular complexity index is 1160. The summed E-state index contributed by atoms with van der Waals surface area (Å²) in [6.07, 6.45) is 11.8. The smallest absolute Gasteiger partial charge is 0.414 e. The van der Waals surface area contributed by atoms with Gasteiger partial charge in [0.2, 0.25) is 0 Å².